The van der Waals surface area contributed by atoms with E-state index in [0.717, 1.165) is 11.8 Å². The summed E-state index contributed by atoms with van der Waals surface area (Å²) in [4.78, 5) is 0. The molecule has 0 heterocycles. The van der Waals surface area contributed by atoms with Gasteiger partial charge in [0.15, 0.2) is 0 Å². The number of rotatable bonds is 9. The molecule has 0 aromatic rings. The Kier molecular flexibility index (Phi) is 10.1. The Bertz CT molecular complexity index is 142. The zero-order chi connectivity index (χ0) is 11.5. The van der Waals surface area contributed by atoms with E-state index in [9.17, 15) is 0 Å². The van der Waals surface area contributed by atoms with Crippen LogP contribution in [0.3, 0.4) is 0 Å². The van der Waals surface area contributed by atoms with Crippen LogP contribution in [0.2, 0.25) is 0 Å². The molecule has 0 aliphatic carbocycles. The second kappa shape index (κ2) is 10.3. The van der Waals surface area contributed by atoms with Crippen molar-refractivity contribution in [1.29, 1.82) is 0 Å². The second-order valence-electron chi connectivity index (χ2n) is 5.47. The van der Waals surface area contributed by atoms with Crippen molar-refractivity contribution >= 4 is 0 Å². The van der Waals surface area contributed by atoms with Crippen molar-refractivity contribution in [3.05, 3.63) is 12.2 Å². The molecular weight excluding hydrogens is 180 g/mol. The van der Waals surface area contributed by atoms with E-state index in [4.69, 9.17) is 0 Å². The largest absolute Gasteiger partial charge is 0.0885 e. The molecule has 0 unspecified atom stereocenters. The summed E-state index contributed by atoms with van der Waals surface area (Å²) in [6.07, 6.45) is 14.2. The van der Waals surface area contributed by atoms with Gasteiger partial charge in [-0.3, -0.25) is 0 Å². The molecule has 0 aromatic carbocycles. The summed E-state index contributed by atoms with van der Waals surface area (Å²) in [6.45, 7) is 9.21. The number of hydrogen-bond donors (Lipinski definition) is 0. The second-order valence-corrected chi connectivity index (χ2v) is 5.47. The number of unbranched alkanes of at least 4 members (excludes halogenated alkanes) is 3. The van der Waals surface area contributed by atoms with Crippen LogP contribution < -0.4 is 0 Å². The van der Waals surface area contributed by atoms with Crippen molar-refractivity contribution in [1.82, 2.24) is 0 Å². The molecule has 15 heavy (non-hydrogen) atoms. The van der Waals surface area contributed by atoms with Gasteiger partial charge in [-0.15, -0.1) is 0 Å². The Balaban J connectivity index is 3.10. The van der Waals surface area contributed by atoms with Crippen molar-refractivity contribution in [2.45, 2.75) is 72.6 Å². The molecule has 0 saturated carbocycles. The average Bonchev–Trinajstić information content (AvgIpc) is 2.14. The number of hydrogen-bond acceptors (Lipinski definition) is 0. The predicted octanol–water partition coefficient (Wildman–Crippen LogP) is 5.59. The van der Waals surface area contributed by atoms with Crippen LogP contribution in [0.4, 0.5) is 0 Å². The van der Waals surface area contributed by atoms with Crippen molar-refractivity contribution in [3.8, 4) is 0 Å². The standard InChI is InChI=1S/C15H30/c1-14(2)12-10-8-6-5-7-9-11-13-15(3)4/h6,8,14-15H,5,7,9-13H2,1-4H3/b8-6-. The van der Waals surface area contributed by atoms with Crippen LogP contribution in [-0.2, 0) is 0 Å². The molecule has 0 saturated heterocycles. The third-order valence-corrected chi connectivity index (χ3v) is 2.73. The predicted molar refractivity (Wildman–Crippen MR) is 71.1 cm³/mol. The minimum Gasteiger partial charge on any atom is -0.0885 e. The molecular formula is C15H30. The van der Waals surface area contributed by atoms with Crippen molar-refractivity contribution in [2.75, 3.05) is 0 Å². The molecule has 0 bridgehead atoms. The van der Waals surface area contributed by atoms with Crippen LogP contribution in [0.1, 0.15) is 72.6 Å². The van der Waals surface area contributed by atoms with Gasteiger partial charge in [-0.1, -0.05) is 59.1 Å². The summed E-state index contributed by atoms with van der Waals surface area (Å²) in [5, 5.41) is 0. The SMILES string of the molecule is CC(C)CC/C=C\CCCCCC(C)C. The fraction of sp³-hybridized carbons (Fsp3) is 0.867. The molecule has 90 valence electrons. The Morgan fingerprint density at radius 3 is 1.87 bits per heavy atom. The molecule has 0 radical (unpaired) electrons. The van der Waals surface area contributed by atoms with Gasteiger partial charge in [0.25, 0.3) is 0 Å². The van der Waals surface area contributed by atoms with E-state index in [2.05, 4.69) is 39.8 Å². The van der Waals surface area contributed by atoms with Gasteiger partial charge in [0, 0.05) is 0 Å². The highest BCUT2D eigenvalue weighted by molar-refractivity contribution is 4.81. The summed E-state index contributed by atoms with van der Waals surface area (Å²) in [5.41, 5.74) is 0. The van der Waals surface area contributed by atoms with Crippen molar-refractivity contribution in [3.63, 3.8) is 0 Å². The van der Waals surface area contributed by atoms with E-state index in [1.54, 1.807) is 0 Å². The zero-order valence-electron chi connectivity index (χ0n) is 11.3. The van der Waals surface area contributed by atoms with E-state index in [-0.39, 0.29) is 0 Å². The van der Waals surface area contributed by atoms with Crippen LogP contribution >= 0.6 is 0 Å². The van der Waals surface area contributed by atoms with E-state index in [1.807, 2.05) is 0 Å². The minimum atomic E-state index is 0.848. The summed E-state index contributed by atoms with van der Waals surface area (Å²) in [7, 11) is 0. The lowest BCUT2D eigenvalue weighted by molar-refractivity contribution is 0.528. The maximum absolute atomic E-state index is 2.37. The van der Waals surface area contributed by atoms with Gasteiger partial charge >= 0.3 is 0 Å². The first kappa shape index (κ1) is 14.7. The third kappa shape index (κ3) is 13.7. The fourth-order valence-corrected chi connectivity index (χ4v) is 1.66. The van der Waals surface area contributed by atoms with Gasteiger partial charge in [-0.2, -0.15) is 0 Å². The van der Waals surface area contributed by atoms with Gasteiger partial charge in [0.2, 0.25) is 0 Å². The van der Waals surface area contributed by atoms with E-state index in [1.165, 1.54) is 44.9 Å². The van der Waals surface area contributed by atoms with Crippen molar-refractivity contribution in [2.24, 2.45) is 11.8 Å². The lowest BCUT2D eigenvalue weighted by Gasteiger charge is -2.02. The Morgan fingerprint density at radius 2 is 1.27 bits per heavy atom. The first-order chi connectivity index (χ1) is 7.13. The molecule has 0 heteroatoms. The quantitative estimate of drug-likeness (QED) is 0.344. The molecule has 0 nitrogen and oxygen atoms in total. The Labute approximate surface area is 97.2 Å². The summed E-state index contributed by atoms with van der Waals surface area (Å²) in [6, 6.07) is 0. The lowest BCUT2D eigenvalue weighted by atomic mass is 10.0. The minimum absolute atomic E-state index is 0.848. The Morgan fingerprint density at radius 1 is 0.667 bits per heavy atom. The summed E-state index contributed by atoms with van der Waals surface area (Å²) in [5.74, 6) is 1.73. The maximum Gasteiger partial charge on any atom is -0.0348 e. The molecule has 0 aromatic heterocycles. The van der Waals surface area contributed by atoms with Crippen LogP contribution in [0.15, 0.2) is 12.2 Å². The fourth-order valence-electron chi connectivity index (χ4n) is 1.66. The third-order valence-electron chi connectivity index (χ3n) is 2.73. The van der Waals surface area contributed by atoms with Crippen LogP contribution in [0.25, 0.3) is 0 Å². The first-order valence-corrected chi connectivity index (χ1v) is 6.78. The topological polar surface area (TPSA) is 0 Å². The molecule has 0 atom stereocenters. The highest BCUT2D eigenvalue weighted by atomic mass is 14.0. The first-order valence-electron chi connectivity index (χ1n) is 6.78. The summed E-state index contributed by atoms with van der Waals surface area (Å²) >= 11 is 0. The lowest BCUT2D eigenvalue weighted by Crippen LogP contribution is -1.86. The molecule has 0 spiro atoms. The molecule has 0 rings (SSSR count). The van der Waals surface area contributed by atoms with Crippen molar-refractivity contribution < 1.29 is 0 Å². The Hall–Kier alpha value is -0.260. The molecule has 0 amide bonds. The van der Waals surface area contributed by atoms with Gasteiger partial charge in [0.1, 0.15) is 0 Å². The van der Waals surface area contributed by atoms with Crippen LogP contribution in [-0.4, -0.2) is 0 Å². The van der Waals surface area contributed by atoms with Crippen LogP contribution in [0.5, 0.6) is 0 Å². The molecule has 0 fully saturated rings. The van der Waals surface area contributed by atoms with Gasteiger partial charge < -0.3 is 0 Å². The van der Waals surface area contributed by atoms with E-state index < -0.39 is 0 Å². The normalized spacial score (nSPS) is 12.1. The average molecular weight is 210 g/mol. The molecule has 0 aliphatic heterocycles. The van der Waals surface area contributed by atoms with Crippen LogP contribution in [0, 0.1) is 11.8 Å². The van der Waals surface area contributed by atoms with Gasteiger partial charge in [-0.25, -0.2) is 0 Å². The number of allylic oxidation sites excluding steroid dienone is 2. The monoisotopic (exact) mass is 210 g/mol. The zero-order valence-corrected chi connectivity index (χ0v) is 11.3. The van der Waals surface area contributed by atoms with E-state index >= 15 is 0 Å². The highest BCUT2D eigenvalue weighted by Crippen LogP contribution is 2.10. The smallest absolute Gasteiger partial charge is 0.0348 e. The van der Waals surface area contributed by atoms with E-state index in [0.29, 0.717) is 0 Å². The highest BCUT2D eigenvalue weighted by Gasteiger charge is 1.93. The maximum atomic E-state index is 2.37. The molecule has 0 aliphatic rings. The van der Waals surface area contributed by atoms with Gasteiger partial charge in [0.05, 0.1) is 0 Å². The summed E-state index contributed by atoms with van der Waals surface area (Å²) < 4.78 is 0. The van der Waals surface area contributed by atoms with Gasteiger partial charge in [-0.05, 0) is 37.5 Å². The molecule has 0 N–H and O–H groups in total.